The van der Waals surface area contributed by atoms with Crippen molar-refractivity contribution in [3.05, 3.63) is 156 Å². The van der Waals surface area contributed by atoms with E-state index in [0.29, 0.717) is 24.2 Å². The number of nitrogens with zero attached hydrogens (tertiary/aromatic N) is 2. The third kappa shape index (κ3) is 13.2. The molecule has 0 aliphatic carbocycles. The number of rotatable bonds is 8. The maximum atomic E-state index is 12.3. The predicted molar refractivity (Wildman–Crippen MR) is 167 cm³/mol. The van der Waals surface area contributed by atoms with Gasteiger partial charge in [-0.2, -0.15) is 35.4 Å². The molecule has 4 aromatic carbocycles. The van der Waals surface area contributed by atoms with Gasteiger partial charge in [0.1, 0.15) is 0 Å². The molecular weight excluding hydrogens is 752 g/mol. The summed E-state index contributed by atoms with van der Waals surface area (Å²) in [5, 5.41) is 0. The number of hydrogen-bond acceptors (Lipinski definition) is 2. The van der Waals surface area contributed by atoms with E-state index >= 15 is 0 Å². The summed E-state index contributed by atoms with van der Waals surface area (Å²) in [6, 6.07) is 35.0. The molecular formula is C34H36Cl2N2O2Pd2. The number of carbonyl (C=O) groups excluding carboxylic acids is 2. The first-order valence-electron chi connectivity index (χ1n) is 13.2. The molecule has 0 spiro atoms. The summed E-state index contributed by atoms with van der Waals surface area (Å²) in [6.45, 7) is 13.2. The van der Waals surface area contributed by atoms with Gasteiger partial charge in [0.05, 0.1) is 0 Å². The summed E-state index contributed by atoms with van der Waals surface area (Å²) in [5.41, 5.74) is 5.94. The Kier molecular flexibility index (Phi) is 19.7. The van der Waals surface area contributed by atoms with E-state index in [0.717, 1.165) is 11.1 Å². The molecule has 8 heteroatoms. The van der Waals surface area contributed by atoms with Gasteiger partial charge in [-0.3, -0.25) is 9.59 Å². The minimum absolute atomic E-state index is 0.0312. The second-order valence-electron chi connectivity index (χ2n) is 8.99. The van der Waals surface area contributed by atoms with E-state index in [9.17, 15) is 9.59 Å². The van der Waals surface area contributed by atoms with Crippen molar-refractivity contribution in [3.8, 4) is 0 Å². The van der Waals surface area contributed by atoms with E-state index in [2.05, 4.69) is 69.3 Å². The first-order valence-corrected chi connectivity index (χ1v) is 17.2. The topological polar surface area (TPSA) is 40.6 Å². The standard InChI is InChI=1S/2C17H18NO.2ClH.2Pd/c2*1-3-18(13-15-11-9-14(2)10-12-15)17(19)16-7-5-4-6-8-16;;;;/h2*4-13H,3H2,1-2H3;2*1H;;/q2*-1;;;2*+2/p-2. The van der Waals surface area contributed by atoms with Gasteiger partial charge in [-0.1, -0.05) is 60.6 Å². The molecule has 4 rings (SSSR count). The Bertz CT molecular complexity index is 1190. The van der Waals surface area contributed by atoms with Crippen LogP contribution in [0.3, 0.4) is 0 Å². The van der Waals surface area contributed by atoms with E-state index in [-0.39, 0.29) is 11.8 Å². The molecule has 4 aromatic rings. The second kappa shape index (κ2) is 22.1. The molecule has 0 aromatic heterocycles. The first kappa shape index (κ1) is 37.5. The van der Waals surface area contributed by atoms with E-state index < -0.39 is 0 Å². The molecule has 0 saturated carbocycles. The summed E-state index contributed by atoms with van der Waals surface area (Å²) >= 11 is 4.44. The number of benzene rings is 4. The summed E-state index contributed by atoms with van der Waals surface area (Å²) in [5.74, 6) is 0.0624. The van der Waals surface area contributed by atoms with Crippen molar-refractivity contribution < 1.29 is 46.0 Å². The normalized spacial score (nSPS) is 9.38. The van der Waals surface area contributed by atoms with Gasteiger partial charge in [-0.15, -0.1) is 24.3 Å². The molecule has 42 heavy (non-hydrogen) atoms. The Labute approximate surface area is 281 Å². The van der Waals surface area contributed by atoms with Gasteiger partial charge in [0.25, 0.3) is 0 Å². The quantitative estimate of drug-likeness (QED) is 0.133. The number of carbonyl (C=O) groups is 2. The van der Waals surface area contributed by atoms with Crippen LogP contribution in [-0.2, 0) is 36.4 Å². The van der Waals surface area contributed by atoms with Crippen LogP contribution in [0.5, 0.6) is 0 Å². The van der Waals surface area contributed by atoms with Crippen LogP contribution in [0.15, 0.2) is 109 Å². The van der Waals surface area contributed by atoms with Crippen LogP contribution in [-0.4, -0.2) is 34.7 Å². The van der Waals surface area contributed by atoms with Gasteiger partial charge in [0.15, 0.2) is 0 Å². The molecule has 0 radical (unpaired) electrons. The van der Waals surface area contributed by atoms with Gasteiger partial charge < -0.3 is 9.80 Å². The summed E-state index contributed by atoms with van der Waals surface area (Å²) < 4.78 is 0. The van der Waals surface area contributed by atoms with Gasteiger partial charge in [0, 0.05) is 24.2 Å². The van der Waals surface area contributed by atoms with Gasteiger partial charge >= 0.3 is 55.4 Å². The molecule has 0 atom stereocenters. The molecule has 0 aliphatic heterocycles. The van der Waals surface area contributed by atoms with Crippen molar-refractivity contribution in [3.63, 3.8) is 0 Å². The third-order valence-corrected chi connectivity index (χ3v) is 6.01. The van der Waals surface area contributed by atoms with E-state index in [1.54, 1.807) is 9.80 Å². The molecule has 2 amide bonds. The Morgan fingerprint density at radius 2 is 0.833 bits per heavy atom. The molecule has 228 valence electrons. The molecule has 0 bridgehead atoms. The Morgan fingerprint density at radius 1 is 0.548 bits per heavy atom. The van der Waals surface area contributed by atoms with Crippen LogP contribution in [0, 0.1) is 26.9 Å². The Morgan fingerprint density at radius 3 is 1.10 bits per heavy atom. The maximum absolute atomic E-state index is 12.3. The van der Waals surface area contributed by atoms with Crippen molar-refractivity contribution >= 4 is 30.9 Å². The minimum atomic E-state index is 0.0312. The fourth-order valence-corrected chi connectivity index (χ4v) is 3.75. The van der Waals surface area contributed by atoms with Crippen LogP contribution in [0.2, 0.25) is 0 Å². The molecule has 0 fully saturated rings. The average Bonchev–Trinajstić information content (AvgIpc) is 3.06. The van der Waals surface area contributed by atoms with Gasteiger partial charge in [-0.25, -0.2) is 0 Å². The van der Waals surface area contributed by atoms with Gasteiger partial charge in [-0.05, 0) is 52.0 Å². The number of halogens is 2. The SMILES string of the molecule is CCN([CH-]c1ccc(C)cc1)C(=O)c1ccccc1.CCN([CH-]c1ccc(C)cc1)C(=O)c1ccccc1.[Cl][Pd+].[Cl][Pd+]. The zero-order valence-corrected chi connectivity index (χ0v) is 28.7. The molecule has 0 N–H and O–H groups in total. The second-order valence-corrected chi connectivity index (χ2v) is 8.99. The van der Waals surface area contributed by atoms with Crippen LogP contribution in [0.25, 0.3) is 0 Å². The number of amides is 2. The molecule has 0 aliphatic rings. The molecule has 0 heterocycles. The van der Waals surface area contributed by atoms with E-state index in [1.165, 1.54) is 11.1 Å². The molecule has 0 saturated heterocycles. The van der Waals surface area contributed by atoms with E-state index in [1.807, 2.05) is 136 Å². The number of aryl methyl sites for hydroxylation is 2. The van der Waals surface area contributed by atoms with Crippen molar-refractivity contribution in [2.45, 2.75) is 27.7 Å². The molecule has 0 unspecified atom stereocenters. The van der Waals surface area contributed by atoms with E-state index in [4.69, 9.17) is 0 Å². The monoisotopic (exact) mass is 786 g/mol. The molecule has 4 nitrogen and oxygen atoms in total. The summed E-state index contributed by atoms with van der Waals surface area (Å²) in [4.78, 5) is 28.2. The van der Waals surface area contributed by atoms with Crippen LogP contribution >= 0.6 is 19.1 Å². The number of hydrogen-bond donors (Lipinski definition) is 0. The predicted octanol–water partition coefficient (Wildman–Crippen LogP) is 8.71. The average molecular weight is 788 g/mol. The Hall–Kier alpha value is -2.54. The fourth-order valence-electron chi connectivity index (χ4n) is 3.75. The Balaban J connectivity index is 0.000000376. The zero-order valence-electron chi connectivity index (χ0n) is 24.1. The summed E-state index contributed by atoms with van der Waals surface area (Å²) in [6.07, 6.45) is 0. The summed E-state index contributed by atoms with van der Waals surface area (Å²) in [7, 11) is 8.98. The first-order chi connectivity index (χ1) is 20.4. The van der Waals surface area contributed by atoms with Crippen LogP contribution in [0.4, 0.5) is 0 Å². The van der Waals surface area contributed by atoms with Crippen molar-refractivity contribution in [1.29, 1.82) is 0 Å². The van der Waals surface area contributed by atoms with Crippen molar-refractivity contribution in [2.75, 3.05) is 13.1 Å². The zero-order chi connectivity index (χ0) is 31.3. The van der Waals surface area contributed by atoms with Crippen molar-refractivity contribution in [1.82, 2.24) is 9.80 Å². The van der Waals surface area contributed by atoms with Crippen molar-refractivity contribution in [2.24, 2.45) is 0 Å². The van der Waals surface area contributed by atoms with Crippen LogP contribution < -0.4 is 0 Å². The van der Waals surface area contributed by atoms with Gasteiger partial charge in [0.2, 0.25) is 11.8 Å². The fraction of sp³-hybridized carbons (Fsp3) is 0.176. The van der Waals surface area contributed by atoms with Crippen LogP contribution in [0.1, 0.15) is 56.8 Å². The third-order valence-electron chi connectivity index (χ3n) is 6.01.